The van der Waals surface area contributed by atoms with Crippen molar-refractivity contribution in [1.29, 1.82) is 0 Å². The van der Waals surface area contributed by atoms with Gasteiger partial charge in [-0.15, -0.1) is 11.3 Å². The lowest BCUT2D eigenvalue weighted by Gasteiger charge is -2.16. The Morgan fingerprint density at radius 3 is 2.49 bits per heavy atom. The number of rotatable bonds is 6. The van der Waals surface area contributed by atoms with E-state index in [2.05, 4.69) is 21.4 Å². The number of methoxy groups -OCH3 is 1. The molecule has 2 aromatic carbocycles. The first-order chi connectivity index (χ1) is 17.9. The molecular formula is C28H25N3O5S. The highest BCUT2D eigenvalue weighted by Crippen LogP contribution is 2.45. The van der Waals surface area contributed by atoms with E-state index in [-0.39, 0.29) is 0 Å². The van der Waals surface area contributed by atoms with Crippen molar-refractivity contribution in [3.05, 3.63) is 82.2 Å². The van der Waals surface area contributed by atoms with Gasteiger partial charge in [0, 0.05) is 16.1 Å². The molecule has 0 fully saturated rings. The second kappa shape index (κ2) is 10.0. The molecule has 4 aromatic rings. The van der Waals surface area contributed by atoms with Gasteiger partial charge in [0.05, 0.1) is 23.9 Å². The minimum atomic E-state index is -0.624. The van der Waals surface area contributed by atoms with Gasteiger partial charge in [0.15, 0.2) is 6.61 Å². The fraction of sp³-hybridized carbons (Fsp3) is 0.214. The summed E-state index contributed by atoms with van der Waals surface area (Å²) in [5.74, 6) is -0.951. The highest BCUT2D eigenvalue weighted by Gasteiger charge is 2.29. The van der Waals surface area contributed by atoms with Crippen molar-refractivity contribution in [2.45, 2.75) is 26.7 Å². The van der Waals surface area contributed by atoms with Gasteiger partial charge in [-0.05, 0) is 55.5 Å². The van der Waals surface area contributed by atoms with Gasteiger partial charge in [-0.3, -0.25) is 4.79 Å². The van der Waals surface area contributed by atoms with E-state index in [1.807, 2.05) is 32.0 Å². The number of aromatic nitrogens is 2. The lowest BCUT2D eigenvalue weighted by Crippen LogP contribution is -2.21. The number of benzene rings is 2. The molecule has 0 bridgehead atoms. The number of aromatic amines is 1. The quantitative estimate of drug-likeness (QED) is 0.346. The third kappa shape index (κ3) is 4.77. The van der Waals surface area contributed by atoms with Crippen LogP contribution in [0.1, 0.15) is 43.2 Å². The normalized spacial score (nSPS) is 11.9. The molecule has 8 nitrogen and oxygen atoms in total. The van der Waals surface area contributed by atoms with E-state index < -0.39 is 24.5 Å². The van der Waals surface area contributed by atoms with Crippen molar-refractivity contribution in [1.82, 2.24) is 9.97 Å². The number of esters is 2. The maximum Gasteiger partial charge on any atom is 0.341 e. The van der Waals surface area contributed by atoms with E-state index in [1.165, 1.54) is 24.0 Å². The molecule has 5 rings (SSSR count). The number of H-pyrrole nitrogens is 1. The largest absolute Gasteiger partial charge is 0.465 e. The minimum absolute atomic E-state index is 0.315. The minimum Gasteiger partial charge on any atom is -0.465 e. The molecule has 2 aromatic heterocycles. The molecule has 1 aliphatic carbocycles. The SMILES string of the molecule is COC(=O)c1c(NC(=O)COC(=O)c2ccc(-c3nc(C)c(C)[nH]3)cc2)sc2c1CCc1ccccc1-2. The zero-order valence-electron chi connectivity index (χ0n) is 20.6. The molecule has 0 aliphatic heterocycles. The number of amides is 1. The lowest BCUT2D eigenvalue weighted by molar-refractivity contribution is -0.119. The van der Waals surface area contributed by atoms with Crippen LogP contribution in [-0.4, -0.2) is 41.5 Å². The molecule has 9 heteroatoms. The molecule has 0 saturated carbocycles. The number of aryl methyl sites for hydroxylation is 3. The third-order valence-electron chi connectivity index (χ3n) is 6.41. The summed E-state index contributed by atoms with van der Waals surface area (Å²) in [7, 11) is 1.32. The monoisotopic (exact) mass is 515 g/mol. The van der Waals surface area contributed by atoms with Crippen LogP contribution in [0, 0.1) is 13.8 Å². The van der Waals surface area contributed by atoms with E-state index in [9.17, 15) is 14.4 Å². The smallest absolute Gasteiger partial charge is 0.341 e. The number of anilines is 1. The molecule has 188 valence electrons. The Kier molecular flexibility index (Phi) is 6.62. The predicted octanol–water partition coefficient (Wildman–Crippen LogP) is 5.10. The first-order valence-electron chi connectivity index (χ1n) is 11.8. The summed E-state index contributed by atoms with van der Waals surface area (Å²) in [5, 5.41) is 3.14. The summed E-state index contributed by atoms with van der Waals surface area (Å²) in [6.07, 6.45) is 1.47. The highest BCUT2D eigenvalue weighted by molar-refractivity contribution is 7.20. The molecule has 1 aliphatic rings. The number of nitrogens with zero attached hydrogens (tertiary/aromatic N) is 1. The number of ether oxygens (including phenoxy) is 2. The van der Waals surface area contributed by atoms with Crippen LogP contribution in [-0.2, 0) is 27.1 Å². The molecule has 0 unspecified atom stereocenters. The summed E-state index contributed by atoms with van der Waals surface area (Å²) in [6.45, 7) is 3.38. The van der Waals surface area contributed by atoms with Crippen LogP contribution in [0.3, 0.4) is 0 Å². The van der Waals surface area contributed by atoms with Crippen LogP contribution in [0.2, 0.25) is 0 Å². The Balaban J connectivity index is 1.28. The van der Waals surface area contributed by atoms with Crippen LogP contribution >= 0.6 is 11.3 Å². The van der Waals surface area contributed by atoms with Crippen molar-refractivity contribution < 1.29 is 23.9 Å². The van der Waals surface area contributed by atoms with Crippen molar-refractivity contribution in [2.24, 2.45) is 0 Å². The zero-order chi connectivity index (χ0) is 26.1. The van der Waals surface area contributed by atoms with Gasteiger partial charge in [0.1, 0.15) is 10.8 Å². The summed E-state index contributed by atoms with van der Waals surface area (Å²) in [4.78, 5) is 46.4. The number of hydrogen-bond acceptors (Lipinski definition) is 7. The average molecular weight is 516 g/mol. The predicted molar refractivity (Wildman–Crippen MR) is 141 cm³/mol. The molecule has 37 heavy (non-hydrogen) atoms. The molecule has 0 saturated heterocycles. The summed E-state index contributed by atoms with van der Waals surface area (Å²) < 4.78 is 10.2. The zero-order valence-corrected chi connectivity index (χ0v) is 21.5. The van der Waals surface area contributed by atoms with Gasteiger partial charge < -0.3 is 19.8 Å². The summed E-state index contributed by atoms with van der Waals surface area (Å²) in [5.41, 5.74) is 6.52. The summed E-state index contributed by atoms with van der Waals surface area (Å²) >= 11 is 1.33. The highest BCUT2D eigenvalue weighted by atomic mass is 32.1. The number of hydrogen-bond donors (Lipinski definition) is 2. The van der Waals surface area contributed by atoms with Crippen LogP contribution in [0.4, 0.5) is 5.00 Å². The van der Waals surface area contributed by atoms with Crippen LogP contribution in [0.25, 0.3) is 21.8 Å². The van der Waals surface area contributed by atoms with E-state index in [0.717, 1.165) is 45.2 Å². The number of imidazole rings is 1. The van der Waals surface area contributed by atoms with Gasteiger partial charge in [-0.1, -0.05) is 36.4 Å². The number of nitrogens with one attached hydrogen (secondary N) is 2. The number of carbonyl (C=O) groups is 3. The number of fused-ring (bicyclic) bond motifs is 3. The Labute approximate surface area is 217 Å². The standard InChI is InChI=1S/C28H25N3O5S/c1-15-16(2)30-25(29-15)18-8-10-19(11-9-18)27(33)36-14-22(32)31-26-23(28(34)35-3)21-13-12-17-6-4-5-7-20(17)24(21)37-26/h4-11H,12-14H2,1-3H3,(H,29,30)(H,31,32). The van der Waals surface area contributed by atoms with Crippen molar-refractivity contribution in [2.75, 3.05) is 19.0 Å². The first-order valence-corrected chi connectivity index (χ1v) is 12.6. The van der Waals surface area contributed by atoms with E-state index in [0.29, 0.717) is 22.5 Å². The van der Waals surface area contributed by atoms with Gasteiger partial charge in [0.2, 0.25) is 0 Å². The van der Waals surface area contributed by atoms with E-state index in [1.54, 1.807) is 24.3 Å². The molecule has 2 N–H and O–H groups in total. The maximum atomic E-state index is 12.7. The molecule has 1 amide bonds. The first kappa shape index (κ1) is 24.5. The Morgan fingerprint density at radius 1 is 1.03 bits per heavy atom. The average Bonchev–Trinajstić information content (AvgIpc) is 3.45. The van der Waals surface area contributed by atoms with Gasteiger partial charge in [-0.25, -0.2) is 14.6 Å². The Bertz CT molecular complexity index is 1500. The second-order valence-electron chi connectivity index (χ2n) is 8.76. The summed E-state index contributed by atoms with van der Waals surface area (Å²) in [6, 6.07) is 14.8. The van der Waals surface area contributed by atoms with Gasteiger partial charge >= 0.3 is 11.9 Å². The fourth-order valence-electron chi connectivity index (χ4n) is 4.37. The van der Waals surface area contributed by atoms with Gasteiger partial charge in [0.25, 0.3) is 5.91 Å². The topological polar surface area (TPSA) is 110 Å². The fourth-order valence-corrected chi connectivity index (χ4v) is 5.69. The number of thiophene rings is 1. The van der Waals surface area contributed by atoms with Crippen LogP contribution in [0.15, 0.2) is 48.5 Å². The molecular weight excluding hydrogens is 490 g/mol. The maximum absolute atomic E-state index is 12.7. The van der Waals surface area contributed by atoms with Crippen LogP contribution < -0.4 is 5.32 Å². The van der Waals surface area contributed by atoms with Crippen molar-refractivity contribution >= 4 is 34.2 Å². The second-order valence-corrected chi connectivity index (χ2v) is 9.78. The Hall–Kier alpha value is -4.24. The van der Waals surface area contributed by atoms with Gasteiger partial charge in [-0.2, -0.15) is 0 Å². The van der Waals surface area contributed by atoms with Crippen LogP contribution in [0.5, 0.6) is 0 Å². The van der Waals surface area contributed by atoms with E-state index >= 15 is 0 Å². The van der Waals surface area contributed by atoms with Crippen molar-refractivity contribution in [3.63, 3.8) is 0 Å². The van der Waals surface area contributed by atoms with E-state index in [4.69, 9.17) is 9.47 Å². The van der Waals surface area contributed by atoms with Crippen molar-refractivity contribution in [3.8, 4) is 21.8 Å². The molecule has 0 spiro atoms. The molecule has 0 radical (unpaired) electrons. The molecule has 0 atom stereocenters. The molecule has 2 heterocycles. The Morgan fingerprint density at radius 2 is 1.78 bits per heavy atom. The lowest BCUT2D eigenvalue weighted by atomic mass is 9.89. The third-order valence-corrected chi connectivity index (χ3v) is 7.59. The number of carbonyl (C=O) groups excluding carboxylic acids is 3.